The summed E-state index contributed by atoms with van der Waals surface area (Å²) in [5.74, 6) is 0.0948. The first-order valence-electron chi connectivity index (χ1n) is 4.73. The number of halogens is 2. The van der Waals surface area contributed by atoms with Crippen LogP contribution >= 0.6 is 27.5 Å². The number of nitrogens with zero attached hydrogens (tertiary/aromatic N) is 1. The van der Waals surface area contributed by atoms with Crippen LogP contribution < -0.4 is 5.63 Å². The summed E-state index contributed by atoms with van der Waals surface area (Å²) < 4.78 is 5.22. The molecule has 92 valence electrons. The molecule has 18 heavy (non-hydrogen) atoms. The average Bonchev–Trinajstić information content (AvgIpc) is 2.32. The van der Waals surface area contributed by atoms with Crippen molar-refractivity contribution in [1.82, 2.24) is 0 Å². The zero-order valence-corrected chi connectivity index (χ0v) is 11.1. The van der Waals surface area contributed by atoms with Crippen LogP contribution in [-0.2, 0) is 0 Å². The zero-order valence-electron chi connectivity index (χ0n) is 8.72. The molecule has 0 aliphatic carbocycles. The second-order valence-corrected chi connectivity index (χ2v) is 4.64. The van der Waals surface area contributed by atoms with E-state index in [9.17, 15) is 14.9 Å². The topological polar surface area (TPSA) is 73.3 Å². The molecule has 0 saturated carbocycles. The van der Waals surface area contributed by atoms with Gasteiger partial charge in [0.25, 0.3) is 5.69 Å². The van der Waals surface area contributed by atoms with Crippen LogP contribution in [0, 0.1) is 10.1 Å². The molecule has 0 fully saturated rings. The van der Waals surface area contributed by atoms with Gasteiger partial charge in [-0.3, -0.25) is 10.1 Å². The van der Waals surface area contributed by atoms with Crippen molar-refractivity contribution in [2.24, 2.45) is 0 Å². The summed E-state index contributed by atoms with van der Waals surface area (Å²) in [6.45, 7) is 0. The molecule has 1 heterocycles. The Balaban J connectivity index is 2.69. The van der Waals surface area contributed by atoms with Gasteiger partial charge >= 0.3 is 5.63 Å². The molecule has 1 aromatic carbocycles. The van der Waals surface area contributed by atoms with Gasteiger partial charge in [-0.25, -0.2) is 4.79 Å². The van der Waals surface area contributed by atoms with Crippen molar-refractivity contribution in [2.75, 3.05) is 0 Å². The fourth-order valence-corrected chi connectivity index (χ4v) is 1.79. The van der Waals surface area contributed by atoms with Crippen LogP contribution in [0.15, 0.2) is 44.0 Å². The highest BCUT2D eigenvalue weighted by Gasteiger charge is 2.18. The van der Waals surface area contributed by atoms with Crippen LogP contribution in [0.1, 0.15) is 0 Å². The third kappa shape index (κ3) is 2.44. The van der Waals surface area contributed by atoms with Gasteiger partial charge in [-0.1, -0.05) is 11.6 Å². The monoisotopic (exact) mass is 329 g/mol. The Morgan fingerprint density at radius 1 is 1.28 bits per heavy atom. The maximum Gasteiger partial charge on any atom is 0.350 e. The van der Waals surface area contributed by atoms with E-state index in [-0.39, 0.29) is 21.5 Å². The lowest BCUT2D eigenvalue weighted by molar-refractivity contribution is -0.384. The number of hydrogen-bond acceptors (Lipinski definition) is 4. The highest BCUT2D eigenvalue weighted by atomic mass is 79.9. The van der Waals surface area contributed by atoms with Gasteiger partial charge in [-0.05, 0) is 40.2 Å². The number of rotatable bonds is 2. The molecular formula is C11H5BrClNO4. The molecule has 0 radical (unpaired) electrons. The lowest BCUT2D eigenvalue weighted by Crippen LogP contribution is -2.00. The van der Waals surface area contributed by atoms with Gasteiger partial charge in [0.2, 0.25) is 0 Å². The third-order valence-corrected chi connectivity index (χ3v) is 3.02. The van der Waals surface area contributed by atoms with Crippen LogP contribution in [0.5, 0.6) is 0 Å². The van der Waals surface area contributed by atoms with E-state index < -0.39 is 10.5 Å². The summed E-state index contributed by atoms with van der Waals surface area (Å²) in [4.78, 5) is 21.7. The Bertz CT molecular complexity index is 683. The largest absolute Gasteiger partial charge is 0.422 e. The van der Waals surface area contributed by atoms with Crippen LogP contribution in [-0.4, -0.2) is 4.92 Å². The van der Waals surface area contributed by atoms with Crippen molar-refractivity contribution >= 4 is 33.2 Å². The molecule has 0 aliphatic heterocycles. The first kappa shape index (κ1) is 12.8. The second-order valence-electron chi connectivity index (χ2n) is 3.35. The molecule has 0 unspecified atom stereocenters. The molecule has 2 rings (SSSR count). The Morgan fingerprint density at radius 3 is 2.61 bits per heavy atom. The van der Waals surface area contributed by atoms with Crippen LogP contribution in [0.4, 0.5) is 5.69 Å². The van der Waals surface area contributed by atoms with Gasteiger partial charge in [-0.2, -0.15) is 0 Å². The minimum atomic E-state index is -0.609. The normalized spacial score (nSPS) is 10.3. The van der Waals surface area contributed by atoms with Crippen molar-refractivity contribution in [3.05, 3.63) is 60.4 Å². The molecule has 7 heteroatoms. The maximum atomic E-state index is 11.4. The predicted molar refractivity (Wildman–Crippen MR) is 69.8 cm³/mol. The van der Waals surface area contributed by atoms with E-state index in [2.05, 4.69) is 15.9 Å². The standard InChI is InChI=1S/C11H5BrClNO4/c12-8-2-4-10(18-11(8)15)7-5-6(13)1-3-9(7)14(16)17/h1-5H. The molecule has 0 bridgehead atoms. The lowest BCUT2D eigenvalue weighted by Gasteiger charge is -2.02. The lowest BCUT2D eigenvalue weighted by atomic mass is 10.1. The molecule has 0 spiro atoms. The quantitative estimate of drug-likeness (QED) is 0.622. The summed E-state index contributed by atoms with van der Waals surface area (Å²) in [5.41, 5.74) is -0.622. The van der Waals surface area contributed by atoms with Gasteiger partial charge in [0.05, 0.1) is 10.5 Å². The molecule has 5 nitrogen and oxygen atoms in total. The van der Waals surface area contributed by atoms with Gasteiger partial charge in [0.1, 0.15) is 10.2 Å². The van der Waals surface area contributed by atoms with E-state index in [0.717, 1.165) is 0 Å². The average molecular weight is 331 g/mol. The predicted octanol–water partition coefficient (Wildman–Crippen LogP) is 3.63. The van der Waals surface area contributed by atoms with E-state index in [1.54, 1.807) is 0 Å². The Kier molecular flexibility index (Phi) is 3.49. The summed E-state index contributed by atoms with van der Waals surface area (Å²) in [5, 5.41) is 11.2. The van der Waals surface area contributed by atoms with E-state index in [1.165, 1.54) is 30.3 Å². The smallest absolute Gasteiger partial charge is 0.350 e. The number of hydrogen-bond donors (Lipinski definition) is 0. The molecule has 1 aromatic heterocycles. The Hall–Kier alpha value is -1.66. The molecule has 2 aromatic rings. The molecule has 0 N–H and O–H groups in total. The zero-order chi connectivity index (χ0) is 13.3. The Labute approximate surface area is 114 Å². The van der Waals surface area contributed by atoms with Crippen LogP contribution in [0.3, 0.4) is 0 Å². The third-order valence-electron chi connectivity index (χ3n) is 2.20. The highest BCUT2D eigenvalue weighted by Crippen LogP contribution is 2.31. The SMILES string of the molecule is O=c1oc(-c2cc(Cl)ccc2[N+](=O)[O-])ccc1Br. The van der Waals surface area contributed by atoms with Crippen molar-refractivity contribution in [2.45, 2.75) is 0 Å². The van der Waals surface area contributed by atoms with Crippen LogP contribution in [0.2, 0.25) is 5.02 Å². The van der Waals surface area contributed by atoms with Gasteiger partial charge in [-0.15, -0.1) is 0 Å². The Morgan fingerprint density at radius 2 is 2.00 bits per heavy atom. The summed E-state index contributed by atoms with van der Waals surface area (Å²) >= 11 is 8.79. The highest BCUT2D eigenvalue weighted by molar-refractivity contribution is 9.10. The minimum Gasteiger partial charge on any atom is -0.422 e. The second kappa shape index (κ2) is 4.91. The summed E-state index contributed by atoms with van der Waals surface area (Å²) in [6, 6.07) is 6.97. The number of benzene rings is 1. The molecule has 0 atom stereocenters. The fourth-order valence-electron chi connectivity index (χ4n) is 1.41. The number of nitro groups is 1. The van der Waals surface area contributed by atoms with Crippen molar-refractivity contribution in [3.8, 4) is 11.3 Å². The van der Waals surface area contributed by atoms with Crippen molar-refractivity contribution in [1.29, 1.82) is 0 Å². The summed E-state index contributed by atoms with van der Waals surface area (Å²) in [6.07, 6.45) is 0. The molecular weight excluding hydrogens is 325 g/mol. The van der Waals surface area contributed by atoms with Gasteiger partial charge in [0, 0.05) is 11.1 Å². The fraction of sp³-hybridized carbons (Fsp3) is 0. The minimum absolute atomic E-state index is 0.0948. The van der Waals surface area contributed by atoms with E-state index >= 15 is 0 Å². The first-order chi connectivity index (χ1) is 8.49. The first-order valence-corrected chi connectivity index (χ1v) is 5.90. The van der Waals surface area contributed by atoms with E-state index in [4.69, 9.17) is 16.0 Å². The van der Waals surface area contributed by atoms with Gasteiger partial charge < -0.3 is 4.42 Å². The van der Waals surface area contributed by atoms with Crippen molar-refractivity contribution < 1.29 is 9.34 Å². The van der Waals surface area contributed by atoms with E-state index in [1.807, 2.05) is 0 Å². The summed E-state index contributed by atoms with van der Waals surface area (Å²) in [7, 11) is 0. The number of nitro benzene ring substituents is 1. The molecule has 0 aliphatic rings. The van der Waals surface area contributed by atoms with Gasteiger partial charge in [0.15, 0.2) is 0 Å². The maximum absolute atomic E-state index is 11.4. The van der Waals surface area contributed by atoms with Crippen LogP contribution in [0.25, 0.3) is 11.3 Å². The van der Waals surface area contributed by atoms with E-state index in [0.29, 0.717) is 5.02 Å². The molecule has 0 amide bonds. The van der Waals surface area contributed by atoms with Crippen molar-refractivity contribution in [3.63, 3.8) is 0 Å². The molecule has 0 saturated heterocycles.